The van der Waals surface area contributed by atoms with Gasteiger partial charge in [-0.25, -0.2) is 0 Å². The van der Waals surface area contributed by atoms with E-state index in [2.05, 4.69) is 5.32 Å². The third-order valence-electron chi connectivity index (χ3n) is 5.42. The fourth-order valence-corrected chi connectivity index (χ4v) is 3.78. The summed E-state index contributed by atoms with van der Waals surface area (Å²) in [6.45, 7) is 7.85. The number of carbonyl (C=O) groups excluding carboxylic acids is 2. The number of amides is 2. The first kappa shape index (κ1) is 26.3. The molecule has 0 aliphatic heterocycles. The highest BCUT2D eigenvalue weighted by Gasteiger charge is 2.32. The van der Waals surface area contributed by atoms with E-state index < -0.39 is 11.6 Å². The molecule has 0 heterocycles. The number of rotatable bonds is 9. The molecule has 1 N–H and O–H groups in total. The number of nitrogens with zero attached hydrogens (tertiary/aromatic N) is 1. The van der Waals surface area contributed by atoms with E-state index in [0.717, 1.165) is 16.7 Å². The Kier molecular flexibility index (Phi) is 8.94. The molecule has 0 aliphatic rings. The van der Waals surface area contributed by atoms with E-state index in [4.69, 9.17) is 16.3 Å². The van der Waals surface area contributed by atoms with Gasteiger partial charge in [0.05, 0.1) is 0 Å². The average molecular weight is 493 g/mol. The van der Waals surface area contributed by atoms with E-state index in [-0.39, 0.29) is 25.0 Å². The van der Waals surface area contributed by atoms with Crippen molar-refractivity contribution in [2.75, 3.05) is 6.61 Å². The van der Waals surface area contributed by atoms with Crippen LogP contribution in [0.3, 0.4) is 0 Å². The van der Waals surface area contributed by atoms with Gasteiger partial charge in [-0.1, -0.05) is 71.8 Å². The maximum atomic E-state index is 13.6. The van der Waals surface area contributed by atoms with E-state index >= 15 is 0 Å². The first-order chi connectivity index (χ1) is 16.6. The smallest absolute Gasteiger partial charge is 0.261 e. The second kappa shape index (κ2) is 11.9. The minimum atomic E-state index is -0.721. The predicted molar refractivity (Wildman–Crippen MR) is 141 cm³/mol. The lowest BCUT2D eigenvalue weighted by molar-refractivity contribution is -0.143. The highest BCUT2D eigenvalue weighted by Crippen LogP contribution is 2.19. The van der Waals surface area contributed by atoms with Gasteiger partial charge in [0.15, 0.2) is 6.61 Å². The zero-order valence-electron chi connectivity index (χ0n) is 20.8. The number of nitrogens with one attached hydrogen (secondary N) is 1. The van der Waals surface area contributed by atoms with Crippen LogP contribution in [-0.2, 0) is 22.6 Å². The van der Waals surface area contributed by atoms with Gasteiger partial charge in [-0.2, -0.15) is 0 Å². The summed E-state index contributed by atoms with van der Waals surface area (Å²) in [7, 11) is 0. The standard InChI is InChI=1S/C29H33ClN2O3/c1-21-10-16-25(17-11-21)35-20-27(33)32(19-23-12-14-24(30)15-13-23)26(28(34)31-29(2,3)4)18-22-8-6-5-7-9-22/h5-17,26H,18-20H2,1-4H3,(H,31,34)/t26-/m0/s1. The molecule has 0 unspecified atom stereocenters. The SMILES string of the molecule is Cc1ccc(OCC(=O)N(Cc2ccc(Cl)cc2)[C@@H](Cc2ccccc2)C(=O)NC(C)(C)C)cc1. The molecular weight excluding hydrogens is 460 g/mol. The van der Waals surface area contributed by atoms with Gasteiger partial charge >= 0.3 is 0 Å². The van der Waals surface area contributed by atoms with Crippen LogP contribution in [0.15, 0.2) is 78.9 Å². The number of benzene rings is 3. The molecule has 0 saturated carbocycles. The fraction of sp³-hybridized carbons (Fsp3) is 0.310. The second-order valence-electron chi connectivity index (χ2n) is 9.69. The molecule has 0 fully saturated rings. The summed E-state index contributed by atoms with van der Waals surface area (Å²) in [4.78, 5) is 28.7. The van der Waals surface area contributed by atoms with Crippen LogP contribution in [0.1, 0.15) is 37.5 Å². The highest BCUT2D eigenvalue weighted by atomic mass is 35.5. The van der Waals surface area contributed by atoms with Gasteiger partial charge in [-0.05, 0) is 63.1 Å². The summed E-state index contributed by atoms with van der Waals surface area (Å²) in [6, 6.07) is 23.8. The molecule has 5 nitrogen and oxygen atoms in total. The van der Waals surface area contributed by atoms with Gasteiger partial charge in [0.25, 0.3) is 5.91 Å². The molecule has 3 aromatic carbocycles. The Bertz CT molecular complexity index is 1110. The van der Waals surface area contributed by atoms with E-state index in [1.54, 1.807) is 17.0 Å². The largest absolute Gasteiger partial charge is 0.484 e. The van der Waals surface area contributed by atoms with E-state index in [9.17, 15) is 9.59 Å². The van der Waals surface area contributed by atoms with Crippen molar-refractivity contribution in [3.8, 4) is 5.75 Å². The van der Waals surface area contributed by atoms with Crippen LogP contribution >= 0.6 is 11.6 Å². The van der Waals surface area contributed by atoms with Gasteiger partial charge in [0, 0.05) is 23.5 Å². The summed E-state index contributed by atoms with van der Waals surface area (Å²) < 4.78 is 5.80. The third kappa shape index (κ3) is 8.45. The average Bonchev–Trinajstić information content (AvgIpc) is 2.81. The van der Waals surface area contributed by atoms with E-state index in [0.29, 0.717) is 17.2 Å². The van der Waals surface area contributed by atoms with Crippen molar-refractivity contribution in [3.05, 3.63) is 101 Å². The Morgan fingerprint density at radius 3 is 2.14 bits per heavy atom. The Morgan fingerprint density at radius 2 is 1.54 bits per heavy atom. The maximum Gasteiger partial charge on any atom is 0.261 e. The molecule has 35 heavy (non-hydrogen) atoms. The Labute approximate surface area is 213 Å². The van der Waals surface area contributed by atoms with Crippen LogP contribution in [0, 0.1) is 6.92 Å². The molecule has 0 bridgehead atoms. The van der Waals surface area contributed by atoms with Crippen molar-refractivity contribution in [3.63, 3.8) is 0 Å². The molecule has 0 saturated heterocycles. The van der Waals surface area contributed by atoms with Gasteiger partial charge in [0.2, 0.25) is 5.91 Å². The van der Waals surface area contributed by atoms with Crippen molar-refractivity contribution >= 4 is 23.4 Å². The molecule has 2 amide bonds. The second-order valence-corrected chi connectivity index (χ2v) is 10.1. The summed E-state index contributed by atoms with van der Waals surface area (Å²) in [5.41, 5.74) is 2.50. The zero-order chi connectivity index (χ0) is 25.4. The summed E-state index contributed by atoms with van der Waals surface area (Å²) in [6.07, 6.45) is 0.382. The molecule has 0 aliphatic carbocycles. The quantitative estimate of drug-likeness (QED) is 0.424. The lowest BCUT2D eigenvalue weighted by Gasteiger charge is -2.33. The number of halogens is 1. The fourth-order valence-electron chi connectivity index (χ4n) is 3.66. The van der Waals surface area contributed by atoms with Gasteiger partial charge in [-0.3, -0.25) is 9.59 Å². The molecule has 6 heteroatoms. The minimum Gasteiger partial charge on any atom is -0.484 e. The first-order valence-electron chi connectivity index (χ1n) is 11.7. The van der Waals surface area contributed by atoms with Crippen LogP contribution in [0.25, 0.3) is 0 Å². The summed E-state index contributed by atoms with van der Waals surface area (Å²) in [5, 5.41) is 3.67. The van der Waals surface area contributed by atoms with Gasteiger partial charge in [-0.15, -0.1) is 0 Å². The molecule has 0 aromatic heterocycles. The lowest BCUT2D eigenvalue weighted by atomic mass is 10.0. The molecule has 0 spiro atoms. The Hall–Kier alpha value is -3.31. The number of hydrogen-bond donors (Lipinski definition) is 1. The highest BCUT2D eigenvalue weighted by molar-refractivity contribution is 6.30. The van der Waals surface area contributed by atoms with E-state index in [1.807, 2.05) is 94.4 Å². The molecule has 0 radical (unpaired) electrons. The Balaban J connectivity index is 1.91. The monoisotopic (exact) mass is 492 g/mol. The first-order valence-corrected chi connectivity index (χ1v) is 12.1. The van der Waals surface area contributed by atoms with Gasteiger partial charge in [0.1, 0.15) is 11.8 Å². The van der Waals surface area contributed by atoms with Crippen LogP contribution in [0.4, 0.5) is 0 Å². The number of hydrogen-bond acceptors (Lipinski definition) is 3. The van der Waals surface area contributed by atoms with E-state index in [1.165, 1.54) is 0 Å². The van der Waals surface area contributed by atoms with Crippen molar-refractivity contribution in [1.29, 1.82) is 0 Å². The van der Waals surface area contributed by atoms with Crippen molar-refractivity contribution in [1.82, 2.24) is 10.2 Å². The minimum absolute atomic E-state index is 0.176. The number of carbonyl (C=O) groups is 2. The topological polar surface area (TPSA) is 58.6 Å². The van der Waals surface area contributed by atoms with Gasteiger partial charge < -0.3 is 15.0 Å². The van der Waals surface area contributed by atoms with Crippen molar-refractivity contribution in [2.45, 2.75) is 52.2 Å². The van der Waals surface area contributed by atoms with Crippen molar-refractivity contribution in [2.24, 2.45) is 0 Å². The van der Waals surface area contributed by atoms with Crippen molar-refractivity contribution < 1.29 is 14.3 Å². The third-order valence-corrected chi connectivity index (χ3v) is 5.67. The zero-order valence-corrected chi connectivity index (χ0v) is 21.5. The predicted octanol–water partition coefficient (Wildman–Crippen LogP) is 5.58. The molecule has 3 rings (SSSR count). The lowest BCUT2D eigenvalue weighted by Crippen LogP contribution is -2.55. The summed E-state index contributed by atoms with van der Waals surface area (Å²) in [5.74, 6) is 0.124. The van der Waals surface area contributed by atoms with Crippen LogP contribution in [0.5, 0.6) is 5.75 Å². The number of aryl methyl sites for hydroxylation is 1. The normalized spacial score (nSPS) is 12.0. The molecule has 1 atom stereocenters. The molecule has 184 valence electrons. The summed E-state index contributed by atoms with van der Waals surface area (Å²) >= 11 is 6.07. The van der Waals surface area contributed by atoms with Crippen LogP contribution in [0.2, 0.25) is 5.02 Å². The molecule has 3 aromatic rings. The van der Waals surface area contributed by atoms with Crippen LogP contribution < -0.4 is 10.1 Å². The number of ether oxygens (including phenoxy) is 1. The maximum absolute atomic E-state index is 13.6. The van der Waals surface area contributed by atoms with Crippen LogP contribution in [-0.4, -0.2) is 34.9 Å². The molecular formula is C29H33ClN2O3. The Morgan fingerprint density at radius 1 is 0.914 bits per heavy atom.